The second-order valence-electron chi connectivity index (χ2n) is 5.81. The molecule has 0 aliphatic carbocycles. The van der Waals surface area contributed by atoms with Gasteiger partial charge in [0.15, 0.2) is 0 Å². The summed E-state index contributed by atoms with van der Waals surface area (Å²) >= 11 is 6.25. The SMILES string of the molecule is COc1ccccc1/C=N\N1CCN(Cc2ccccc2Cl)CC1. The molecule has 24 heavy (non-hydrogen) atoms. The Morgan fingerprint density at radius 1 is 1.04 bits per heavy atom. The molecule has 1 aliphatic rings. The van der Waals surface area contributed by atoms with Gasteiger partial charge in [0.05, 0.1) is 13.3 Å². The van der Waals surface area contributed by atoms with E-state index in [0.29, 0.717) is 0 Å². The number of halogens is 1. The normalized spacial score (nSPS) is 15.8. The molecule has 1 fully saturated rings. The van der Waals surface area contributed by atoms with Crippen LogP contribution in [0.4, 0.5) is 0 Å². The second-order valence-corrected chi connectivity index (χ2v) is 6.21. The molecule has 2 aromatic carbocycles. The van der Waals surface area contributed by atoms with Gasteiger partial charge in [-0.05, 0) is 23.8 Å². The van der Waals surface area contributed by atoms with Crippen molar-refractivity contribution < 1.29 is 4.74 Å². The van der Waals surface area contributed by atoms with Gasteiger partial charge in [0, 0.05) is 43.3 Å². The first-order valence-corrected chi connectivity index (χ1v) is 8.52. The lowest BCUT2D eigenvalue weighted by Gasteiger charge is -2.33. The summed E-state index contributed by atoms with van der Waals surface area (Å²) in [6, 6.07) is 16.0. The van der Waals surface area contributed by atoms with Crippen LogP contribution in [0.15, 0.2) is 53.6 Å². The highest BCUT2D eigenvalue weighted by Crippen LogP contribution is 2.18. The van der Waals surface area contributed by atoms with Crippen molar-refractivity contribution in [1.29, 1.82) is 0 Å². The number of hydrogen-bond acceptors (Lipinski definition) is 4. The summed E-state index contributed by atoms with van der Waals surface area (Å²) in [7, 11) is 1.68. The van der Waals surface area contributed by atoms with E-state index in [-0.39, 0.29) is 0 Å². The summed E-state index contributed by atoms with van der Waals surface area (Å²) in [4.78, 5) is 2.41. The Morgan fingerprint density at radius 2 is 1.75 bits per heavy atom. The zero-order chi connectivity index (χ0) is 16.8. The van der Waals surface area contributed by atoms with Gasteiger partial charge >= 0.3 is 0 Å². The highest BCUT2D eigenvalue weighted by atomic mass is 35.5. The molecule has 0 radical (unpaired) electrons. The minimum atomic E-state index is 0.842. The predicted molar refractivity (Wildman–Crippen MR) is 98.9 cm³/mol. The summed E-state index contributed by atoms with van der Waals surface area (Å²) < 4.78 is 5.35. The maximum atomic E-state index is 6.25. The van der Waals surface area contributed by atoms with Crippen molar-refractivity contribution in [3.63, 3.8) is 0 Å². The van der Waals surface area contributed by atoms with Crippen LogP contribution in [0.5, 0.6) is 5.75 Å². The van der Waals surface area contributed by atoms with Crippen LogP contribution in [0.1, 0.15) is 11.1 Å². The molecule has 3 rings (SSSR count). The summed E-state index contributed by atoms with van der Waals surface area (Å²) in [5.74, 6) is 0.846. The van der Waals surface area contributed by atoms with E-state index in [0.717, 1.165) is 49.1 Å². The first kappa shape index (κ1) is 16.8. The summed E-state index contributed by atoms with van der Waals surface area (Å²) in [5, 5.41) is 7.55. The summed E-state index contributed by atoms with van der Waals surface area (Å²) in [5.41, 5.74) is 2.18. The molecule has 2 aromatic rings. The number of piperazine rings is 1. The second kappa shape index (κ2) is 8.18. The third kappa shape index (κ3) is 4.28. The Labute approximate surface area is 148 Å². The van der Waals surface area contributed by atoms with Crippen molar-refractivity contribution >= 4 is 17.8 Å². The Morgan fingerprint density at radius 3 is 2.50 bits per heavy atom. The lowest BCUT2D eigenvalue weighted by molar-refractivity contribution is 0.131. The fraction of sp³-hybridized carbons (Fsp3) is 0.316. The van der Waals surface area contributed by atoms with Crippen LogP contribution in [-0.4, -0.2) is 49.4 Å². The Hall–Kier alpha value is -2.04. The van der Waals surface area contributed by atoms with Crippen LogP contribution in [0.25, 0.3) is 0 Å². The van der Waals surface area contributed by atoms with E-state index < -0.39 is 0 Å². The van der Waals surface area contributed by atoms with Crippen molar-refractivity contribution in [3.05, 3.63) is 64.7 Å². The molecule has 1 heterocycles. The Kier molecular flexibility index (Phi) is 5.72. The number of rotatable bonds is 5. The van der Waals surface area contributed by atoms with Crippen molar-refractivity contribution in [3.8, 4) is 5.75 Å². The van der Waals surface area contributed by atoms with E-state index in [1.807, 2.05) is 48.7 Å². The molecular formula is C19H22ClN3O. The molecular weight excluding hydrogens is 322 g/mol. The van der Waals surface area contributed by atoms with Crippen LogP contribution >= 0.6 is 11.6 Å². The Bertz CT molecular complexity index is 697. The van der Waals surface area contributed by atoms with Gasteiger partial charge in [-0.1, -0.05) is 41.9 Å². The number of para-hydroxylation sites is 1. The highest BCUT2D eigenvalue weighted by molar-refractivity contribution is 6.31. The van der Waals surface area contributed by atoms with Gasteiger partial charge in [0.25, 0.3) is 0 Å². The first-order chi connectivity index (χ1) is 11.8. The average Bonchev–Trinajstić information content (AvgIpc) is 2.63. The van der Waals surface area contributed by atoms with E-state index in [4.69, 9.17) is 16.3 Å². The average molecular weight is 344 g/mol. The van der Waals surface area contributed by atoms with Gasteiger partial charge in [0.2, 0.25) is 0 Å². The molecule has 0 amide bonds. The molecule has 0 N–H and O–H groups in total. The smallest absolute Gasteiger partial charge is 0.127 e. The maximum Gasteiger partial charge on any atom is 0.127 e. The van der Waals surface area contributed by atoms with E-state index >= 15 is 0 Å². The molecule has 126 valence electrons. The molecule has 0 saturated carbocycles. The van der Waals surface area contributed by atoms with E-state index in [1.54, 1.807) is 7.11 Å². The molecule has 0 atom stereocenters. The predicted octanol–water partition coefficient (Wildman–Crippen LogP) is 3.50. The molecule has 1 aliphatic heterocycles. The fourth-order valence-corrected chi connectivity index (χ4v) is 2.99. The number of methoxy groups -OCH3 is 1. The van der Waals surface area contributed by atoms with Gasteiger partial charge in [-0.2, -0.15) is 5.10 Å². The minimum Gasteiger partial charge on any atom is -0.496 e. The third-order valence-corrected chi connectivity index (χ3v) is 4.57. The van der Waals surface area contributed by atoms with Crippen LogP contribution in [0.3, 0.4) is 0 Å². The van der Waals surface area contributed by atoms with Crippen LogP contribution < -0.4 is 4.74 Å². The van der Waals surface area contributed by atoms with E-state index in [2.05, 4.69) is 21.1 Å². The lowest BCUT2D eigenvalue weighted by atomic mass is 10.2. The maximum absolute atomic E-state index is 6.25. The number of nitrogens with zero attached hydrogens (tertiary/aromatic N) is 3. The van der Waals surface area contributed by atoms with Crippen LogP contribution in [0, 0.1) is 0 Å². The zero-order valence-electron chi connectivity index (χ0n) is 13.9. The zero-order valence-corrected chi connectivity index (χ0v) is 14.6. The standard InChI is InChI=1S/C19H22ClN3O/c1-24-19-9-5-3-6-16(19)14-21-23-12-10-22(11-13-23)15-17-7-2-4-8-18(17)20/h2-9,14H,10-13,15H2,1H3/b21-14-. The van der Waals surface area contributed by atoms with Crippen molar-refractivity contribution in [1.82, 2.24) is 9.91 Å². The first-order valence-electron chi connectivity index (χ1n) is 8.14. The van der Waals surface area contributed by atoms with E-state index in [1.165, 1.54) is 5.56 Å². The molecule has 0 spiro atoms. The molecule has 0 aromatic heterocycles. The number of benzene rings is 2. The van der Waals surface area contributed by atoms with Crippen LogP contribution in [0.2, 0.25) is 5.02 Å². The van der Waals surface area contributed by atoms with Gasteiger partial charge in [0.1, 0.15) is 5.75 Å². The minimum absolute atomic E-state index is 0.842. The van der Waals surface area contributed by atoms with Gasteiger partial charge in [-0.25, -0.2) is 0 Å². The van der Waals surface area contributed by atoms with Crippen molar-refractivity contribution in [2.75, 3.05) is 33.3 Å². The fourth-order valence-electron chi connectivity index (χ4n) is 2.80. The molecule has 0 unspecified atom stereocenters. The third-order valence-electron chi connectivity index (χ3n) is 4.20. The number of ether oxygens (including phenoxy) is 1. The monoisotopic (exact) mass is 343 g/mol. The largest absolute Gasteiger partial charge is 0.496 e. The Balaban J connectivity index is 1.54. The number of hydrogen-bond donors (Lipinski definition) is 0. The molecule has 0 bridgehead atoms. The molecule has 4 nitrogen and oxygen atoms in total. The highest BCUT2D eigenvalue weighted by Gasteiger charge is 2.16. The van der Waals surface area contributed by atoms with Crippen molar-refractivity contribution in [2.45, 2.75) is 6.54 Å². The van der Waals surface area contributed by atoms with Crippen LogP contribution in [-0.2, 0) is 6.54 Å². The number of hydrazone groups is 1. The summed E-state index contributed by atoms with van der Waals surface area (Å²) in [6.07, 6.45) is 1.88. The van der Waals surface area contributed by atoms with Gasteiger partial charge in [-0.3, -0.25) is 9.91 Å². The quantitative estimate of drug-likeness (QED) is 0.778. The lowest BCUT2D eigenvalue weighted by Crippen LogP contribution is -2.43. The summed E-state index contributed by atoms with van der Waals surface area (Å²) in [6.45, 7) is 4.68. The topological polar surface area (TPSA) is 28.1 Å². The molecule has 1 saturated heterocycles. The van der Waals surface area contributed by atoms with Gasteiger partial charge in [-0.15, -0.1) is 0 Å². The van der Waals surface area contributed by atoms with Gasteiger partial charge < -0.3 is 4.74 Å². The molecule has 5 heteroatoms. The van der Waals surface area contributed by atoms with E-state index in [9.17, 15) is 0 Å². The van der Waals surface area contributed by atoms with Crippen molar-refractivity contribution in [2.24, 2.45) is 5.10 Å².